The van der Waals surface area contributed by atoms with E-state index in [1.165, 1.54) is 50.6 Å². The second-order valence-electron chi connectivity index (χ2n) is 6.33. The summed E-state index contributed by atoms with van der Waals surface area (Å²) in [6.07, 6.45) is 9.84. The number of hydrogen-bond acceptors (Lipinski definition) is 2. The predicted octanol–water partition coefficient (Wildman–Crippen LogP) is 4.87. The van der Waals surface area contributed by atoms with Crippen LogP contribution < -0.4 is 4.90 Å². The average molecular weight is 333 g/mol. The predicted molar refractivity (Wildman–Crippen MR) is 85.8 cm³/mol. The van der Waals surface area contributed by atoms with Crippen molar-refractivity contribution < 1.29 is 0 Å². The quantitative estimate of drug-likeness (QED) is 0.733. The van der Waals surface area contributed by atoms with Crippen LogP contribution in [0.3, 0.4) is 0 Å². The second-order valence-corrected chi connectivity index (χ2v) is 7.18. The molecule has 0 amide bonds. The molecule has 20 heavy (non-hydrogen) atoms. The van der Waals surface area contributed by atoms with Crippen molar-refractivity contribution in [3.63, 3.8) is 0 Å². The molecule has 2 fully saturated rings. The molecule has 0 atom stereocenters. The van der Waals surface area contributed by atoms with Crippen molar-refractivity contribution in [2.75, 3.05) is 18.0 Å². The van der Waals surface area contributed by atoms with Crippen molar-refractivity contribution in [3.05, 3.63) is 28.2 Å². The summed E-state index contributed by atoms with van der Waals surface area (Å²) in [6.45, 7) is 2.31. The summed E-state index contributed by atoms with van der Waals surface area (Å²) in [7, 11) is 0. The summed E-state index contributed by atoms with van der Waals surface area (Å²) >= 11 is 3.62. The monoisotopic (exact) mass is 332 g/mol. The first-order valence-corrected chi connectivity index (χ1v) is 8.46. The van der Waals surface area contributed by atoms with Crippen molar-refractivity contribution in [1.29, 1.82) is 5.26 Å². The van der Waals surface area contributed by atoms with Gasteiger partial charge in [0.1, 0.15) is 0 Å². The van der Waals surface area contributed by atoms with E-state index >= 15 is 0 Å². The van der Waals surface area contributed by atoms with Gasteiger partial charge in [-0.1, -0.05) is 19.3 Å². The van der Waals surface area contributed by atoms with Crippen LogP contribution in [-0.4, -0.2) is 13.1 Å². The van der Waals surface area contributed by atoms with Gasteiger partial charge in [-0.3, -0.25) is 0 Å². The maximum Gasteiger partial charge on any atom is 0.0992 e. The Morgan fingerprint density at radius 2 is 1.75 bits per heavy atom. The molecule has 1 aliphatic heterocycles. The minimum absolute atomic E-state index is 0.647. The van der Waals surface area contributed by atoms with E-state index in [2.05, 4.69) is 33.0 Å². The van der Waals surface area contributed by atoms with E-state index in [1.807, 2.05) is 12.1 Å². The molecule has 0 aromatic heterocycles. The molecule has 0 N–H and O–H groups in total. The minimum atomic E-state index is 0.647. The third kappa shape index (κ3) is 2.72. The lowest BCUT2D eigenvalue weighted by molar-refractivity contribution is 0.144. The number of piperidine rings is 1. The Labute approximate surface area is 129 Å². The van der Waals surface area contributed by atoms with Gasteiger partial charge in [0.25, 0.3) is 0 Å². The zero-order chi connectivity index (χ0) is 14.0. The fourth-order valence-corrected chi connectivity index (χ4v) is 4.49. The lowest BCUT2D eigenvalue weighted by atomic mass is 9.68. The van der Waals surface area contributed by atoms with E-state index in [9.17, 15) is 0 Å². The van der Waals surface area contributed by atoms with Crippen molar-refractivity contribution in [1.82, 2.24) is 0 Å². The molecule has 1 heterocycles. The van der Waals surface area contributed by atoms with Crippen molar-refractivity contribution in [3.8, 4) is 6.07 Å². The summed E-state index contributed by atoms with van der Waals surface area (Å²) in [5, 5.41) is 8.94. The van der Waals surface area contributed by atoms with Crippen LogP contribution in [0.1, 0.15) is 50.5 Å². The van der Waals surface area contributed by atoms with E-state index < -0.39 is 0 Å². The van der Waals surface area contributed by atoms with Crippen LogP contribution >= 0.6 is 15.9 Å². The first-order valence-electron chi connectivity index (χ1n) is 7.67. The van der Waals surface area contributed by atoms with Crippen LogP contribution in [0.5, 0.6) is 0 Å². The molecule has 106 valence electrons. The molecule has 0 bridgehead atoms. The fraction of sp³-hybridized carbons (Fsp3) is 0.588. The number of rotatable bonds is 1. The molecule has 1 saturated carbocycles. The van der Waals surface area contributed by atoms with Crippen LogP contribution in [0.4, 0.5) is 5.69 Å². The van der Waals surface area contributed by atoms with Crippen molar-refractivity contribution in [2.45, 2.75) is 44.9 Å². The van der Waals surface area contributed by atoms with Crippen LogP contribution in [0.2, 0.25) is 0 Å². The maximum atomic E-state index is 8.94. The highest BCUT2D eigenvalue weighted by molar-refractivity contribution is 9.10. The van der Waals surface area contributed by atoms with E-state index in [0.29, 0.717) is 5.41 Å². The van der Waals surface area contributed by atoms with Crippen LogP contribution in [0.25, 0.3) is 0 Å². The largest absolute Gasteiger partial charge is 0.371 e. The van der Waals surface area contributed by atoms with Gasteiger partial charge in [-0.2, -0.15) is 5.26 Å². The van der Waals surface area contributed by atoms with Gasteiger partial charge >= 0.3 is 0 Å². The highest BCUT2D eigenvalue weighted by Gasteiger charge is 2.35. The molecular weight excluding hydrogens is 312 g/mol. The SMILES string of the molecule is N#Cc1ccc(N2CCC3(CCCCC3)CC2)c(Br)c1. The van der Waals surface area contributed by atoms with Crippen LogP contribution in [-0.2, 0) is 0 Å². The average Bonchev–Trinajstić information content (AvgIpc) is 2.49. The van der Waals surface area contributed by atoms with E-state index in [0.717, 1.165) is 23.1 Å². The maximum absolute atomic E-state index is 8.94. The van der Waals surface area contributed by atoms with Crippen LogP contribution in [0.15, 0.2) is 22.7 Å². The van der Waals surface area contributed by atoms with Gasteiger partial charge in [0.2, 0.25) is 0 Å². The number of halogens is 1. The van der Waals surface area contributed by atoms with Gasteiger partial charge in [0.15, 0.2) is 0 Å². The summed E-state index contributed by atoms with van der Waals surface area (Å²) in [5.74, 6) is 0. The smallest absolute Gasteiger partial charge is 0.0992 e. The Balaban J connectivity index is 1.70. The Morgan fingerprint density at radius 3 is 2.35 bits per heavy atom. The third-order valence-electron chi connectivity index (χ3n) is 5.16. The summed E-state index contributed by atoms with van der Waals surface area (Å²) in [5.41, 5.74) is 2.62. The fourth-order valence-electron chi connectivity index (χ4n) is 3.86. The number of benzene rings is 1. The minimum Gasteiger partial charge on any atom is -0.371 e. The Morgan fingerprint density at radius 1 is 1.05 bits per heavy atom. The highest BCUT2D eigenvalue weighted by Crippen LogP contribution is 2.45. The lowest BCUT2D eigenvalue weighted by Crippen LogP contribution is -2.41. The summed E-state index contributed by atoms with van der Waals surface area (Å²) in [6, 6.07) is 8.13. The van der Waals surface area contributed by atoms with E-state index in [4.69, 9.17) is 5.26 Å². The molecule has 2 nitrogen and oxygen atoms in total. The number of nitrogens with zero attached hydrogens (tertiary/aromatic N) is 2. The Hall–Kier alpha value is -1.01. The number of nitriles is 1. The first kappa shape index (κ1) is 13.9. The molecule has 3 heteroatoms. The lowest BCUT2D eigenvalue weighted by Gasteiger charge is -2.45. The molecule has 1 aliphatic carbocycles. The Bertz CT molecular complexity index is 516. The number of anilines is 1. The van der Waals surface area contributed by atoms with Gasteiger partial charge in [0.05, 0.1) is 17.3 Å². The van der Waals surface area contributed by atoms with Gasteiger partial charge < -0.3 is 4.90 Å². The van der Waals surface area contributed by atoms with E-state index in [-0.39, 0.29) is 0 Å². The molecular formula is C17H21BrN2. The van der Waals surface area contributed by atoms with E-state index in [1.54, 1.807) is 0 Å². The van der Waals surface area contributed by atoms with Crippen molar-refractivity contribution in [2.24, 2.45) is 5.41 Å². The summed E-state index contributed by atoms with van der Waals surface area (Å²) in [4.78, 5) is 2.48. The van der Waals surface area contributed by atoms with Gasteiger partial charge in [-0.25, -0.2) is 0 Å². The normalized spacial score (nSPS) is 21.7. The zero-order valence-electron chi connectivity index (χ0n) is 11.9. The van der Waals surface area contributed by atoms with Gasteiger partial charge in [-0.05, 0) is 65.2 Å². The van der Waals surface area contributed by atoms with Gasteiger partial charge in [0, 0.05) is 17.6 Å². The molecule has 2 aliphatic rings. The molecule has 3 rings (SSSR count). The third-order valence-corrected chi connectivity index (χ3v) is 5.79. The molecule has 1 aromatic rings. The van der Waals surface area contributed by atoms with Crippen LogP contribution in [0, 0.1) is 16.7 Å². The molecule has 1 spiro atoms. The Kier molecular flexibility index (Phi) is 4.03. The first-order chi connectivity index (χ1) is 9.72. The standard InChI is InChI=1S/C17H21BrN2/c18-15-12-14(13-19)4-5-16(15)20-10-8-17(9-11-20)6-2-1-3-7-17/h4-5,12H,1-3,6-11H2. The molecule has 1 saturated heterocycles. The molecule has 1 aromatic carbocycles. The highest BCUT2D eigenvalue weighted by atomic mass is 79.9. The van der Waals surface area contributed by atoms with Gasteiger partial charge in [-0.15, -0.1) is 0 Å². The van der Waals surface area contributed by atoms with Crippen molar-refractivity contribution >= 4 is 21.6 Å². The number of hydrogen-bond donors (Lipinski definition) is 0. The zero-order valence-corrected chi connectivity index (χ0v) is 13.5. The topological polar surface area (TPSA) is 27.0 Å². The summed E-state index contributed by atoms with van der Waals surface area (Å²) < 4.78 is 1.05. The second kappa shape index (κ2) is 5.77. The molecule has 0 unspecified atom stereocenters. The molecule has 0 radical (unpaired) electrons.